The van der Waals surface area contributed by atoms with Crippen molar-refractivity contribution < 1.29 is 22.7 Å². The van der Waals surface area contributed by atoms with Gasteiger partial charge in [-0.05, 0) is 31.0 Å². The van der Waals surface area contributed by atoms with Crippen molar-refractivity contribution in [3.05, 3.63) is 53.3 Å². The van der Waals surface area contributed by atoms with E-state index in [1.807, 2.05) is 31.2 Å². The number of nitrogens with one attached hydrogen (secondary N) is 1. The lowest BCUT2D eigenvalue weighted by Crippen LogP contribution is -2.25. The van der Waals surface area contributed by atoms with E-state index >= 15 is 0 Å². The molecule has 0 aliphatic carbocycles. The Balaban J connectivity index is 1.99. The molecule has 7 heteroatoms. The summed E-state index contributed by atoms with van der Waals surface area (Å²) in [6, 6.07) is 9.99. The number of carbonyl (C=O) groups is 1. The number of aromatic carboxylic acids is 1. The molecule has 0 unspecified atom stereocenters. The Bertz CT molecular complexity index is 748. The summed E-state index contributed by atoms with van der Waals surface area (Å²) in [5, 5.41) is 8.31. The summed E-state index contributed by atoms with van der Waals surface area (Å²) in [4.78, 5) is 10.7. The van der Waals surface area contributed by atoms with Crippen LogP contribution in [0.3, 0.4) is 0 Å². The molecule has 0 atom stereocenters. The molecule has 0 bridgehead atoms. The second-order valence-electron chi connectivity index (χ2n) is 4.56. The van der Waals surface area contributed by atoms with Crippen LogP contribution in [0.15, 0.2) is 45.9 Å². The summed E-state index contributed by atoms with van der Waals surface area (Å²) in [6.45, 7) is 2.17. The molecular formula is C14H15NO5S. The van der Waals surface area contributed by atoms with E-state index in [4.69, 9.17) is 9.52 Å². The molecule has 0 aliphatic rings. The van der Waals surface area contributed by atoms with Crippen molar-refractivity contribution in [1.29, 1.82) is 0 Å². The molecule has 0 spiro atoms. The third-order valence-electron chi connectivity index (χ3n) is 2.85. The number of benzene rings is 1. The SMILES string of the molecule is Cc1cccc(CCNS(=O)(=O)c2ccc(C(=O)O)o2)c1. The summed E-state index contributed by atoms with van der Waals surface area (Å²) < 4.78 is 31.0. The van der Waals surface area contributed by atoms with Crippen LogP contribution in [-0.2, 0) is 16.4 Å². The van der Waals surface area contributed by atoms with Crippen molar-refractivity contribution in [2.24, 2.45) is 0 Å². The highest BCUT2D eigenvalue weighted by atomic mass is 32.2. The molecule has 2 N–H and O–H groups in total. The molecule has 0 amide bonds. The molecule has 1 aromatic heterocycles. The van der Waals surface area contributed by atoms with Crippen LogP contribution >= 0.6 is 0 Å². The van der Waals surface area contributed by atoms with Gasteiger partial charge in [0.2, 0.25) is 10.9 Å². The smallest absolute Gasteiger partial charge is 0.371 e. The number of aryl methyl sites for hydroxylation is 1. The van der Waals surface area contributed by atoms with Crippen molar-refractivity contribution >= 4 is 16.0 Å². The standard InChI is InChI=1S/C14H15NO5S/c1-10-3-2-4-11(9-10)7-8-15-21(18,19)13-6-5-12(20-13)14(16)17/h2-6,9,15H,7-8H2,1H3,(H,16,17). The van der Waals surface area contributed by atoms with Crippen LogP contribution in [0.4, 0.5) is 0 Å². The van der Waals surface area contributed by atoms with Crippen LogP contribution in [0.2, 0.25) is 0 Å². The number of rotatable bonds is 6. The second-order valence-corrected chi connectivity index (χ2v) is 6.26. The molecule has 0 aliphatic heterocycles. The number of hydrogen-bond acceptors (Lipinski definition) is 4. The summed E-state index contributed by atoms with van der Waals surface area (Å²) in [5.74, 6) is -1.72. The van der Waals surface area contributed by atoms with Gasteiger partial charge in [0.1, 0.15) is 0 Å². The third-order valence-corrected chi connectivity index (χ3v) is 4.18. The number of carboxylic acid groups (broad SMARTS) is 1. The second kappa shape index (κ2) is 6.11. The zero-order chi connectivity index (χ0) is 15.5. The van der Waals surface area contributed by atoms with Gasteiger partial charge in [0.05, 0.1) is 0 Å². The summed E-state index contributed by atoms with van der Waals surface area (Å²) in [7, 11) is -3.83. The van der Waals surface area contributed by atoms with Crippen LogP contribution in [0.5, 0.6) is 0 Å². The van der Waals surface area contributed by atoms with E-state index in [0.717, 1.165) is 23.3 Å². The molecule has 2 rings (SSSR count). The summed E-state index contributed by atoms with van der Waals surface area (Å²) in [5.41, 5.74) is 2.12. The molecule has 2 aromatic rings. The van der Waals surface area contributed by atoms with Gasteiger partial charge < -0.3 is 9.52 Å². The first-order chi connectivity index (χ1) is 9.88. The van der Waals surface area contributed by atoms with Crippen molar-refractivity contribution in [2.75, 3.05) is 6.54 Å². The summed E-state index contributed by atoms with van der Waals surface area (Å²) >= 11 is 0. The van der Waals surface area contributed by atoms with Gasteiger partial charge in [-0.2, -0.15) is 0 Å². The van der Waals surface area contributed by atoms with E-state index in [9.17, 15) is 13.2 Å². The fraction of sp³-hybridized carbons (Fsp3) is 0.214. The highest BCUT2D eigenvalue weighted by Gasteiger charge is 2.20. The molecule has 0 saturated heterocycles. The van der Waals surface area contributed by atoms with E-state index in [-0.39, 0.29) is 6.54 Å². The lowest BCUT2D eigenvalue weighted by atomic mass is 10.1. The highest BCUT2D eigenvalue weighted by molar-refractivity contribution is 7.89. The Morgan fingerprint density at radius 3 is 2.67 bits per heavy atom. The Morgan fingerprint density at radius 1 is 1.29 bits per heavy atom. The first-order valence-electron chi connectivity index (χ1n) is 6.27. The summed E-state index contributed by atoms with van der Waals surface area (Å²) in [6.07, 6.45) is 0.535. The number of sulfonamides is 1. The van der Waals surface area contributed by atoms with Gasteiger partial charge in [0, 0.05) is 6.54 Å². The minimum absolute atomic E-state index is 0.203. The van der Waals surface area contributed by atoms with Crippen LogP contribution in [0, 0.1) is 6.92 Å². The molecule has 1 aromatic carbocycles. The topological polar surface area (TPSA) is 96.6 Å². The minimum Gasteiger partial charge on any atom is -0.475 e. The molecule has 1 heterocycles. The van der Waals surface area contributed by atoms with Crippen molar-refractivity contribution in [3.63, 3.8) is 0 Å². The van der Waals surface area contributed by atoms with E-state index in [1.165, 1.54) is 0 Å². The minimum atomic E-state index is -3.83. The maximum absolute atomic E-state index is 11.9. The molecule has 6 nitrogen and oxygen atoms in total. The average molecular weight is 309 g/mol. The fourth-order valence-corrected chi connectivity index (χ4v) is 2.81. The Morgan fingerprint density at radius 2 is 2.05 bits per heavy atom. The van der Waals surface area contributed by atoms with Crippen LogP contribution in [-0.4, -0.2) is 26.0 Å². The monoisotopic (exact) mass is 309 g/mol. The zero-order valence-electron chi connectivity index (χ0n) is 11.4. The van der Waals surface area contributed by atoms with Gasteiger partial charge in [-0.25, -0.2) is 17.9 Å². The number of furan rings is 1. The molecule has 21 heavy (non-hydrogen) atoms. The Labute approximate surface area is 122 Å². The van der Waals surface area contributed by atoms with Crippen LogP contribution < -0.4 is 4.72 Å². The van der Waals surface area contributed by atoms with Gasteiger partial charge in [-0.15, -0.1) is 0 Å². The Kier molecular flexibility index (Phi) is 4.44. The zero-order valence-corrected chi connectivity index (χ0v) is 12.2. The average Bonchev–Trinajstić information content (AvgIpc) is 2.89. The normalized spacial score (nSPS) is 11.5. The van der Waals surface area contributed by atoms with Crippen LogP contribution in [0.1, 0.15) is 21.7 Å². The lowest BCUT2D eigenvalue weighted by molar-refractivity contribution is 0.0656. The van der Waals surface area contributed by atoms with Gasteiger partial charge in [0.25, 0.3) is 10.0 Å². The molecule has 0 radical (unpaired) electrons. The van der Waals surface area contributed by atoms with Crippen LogP contribution in [0.25, 0.3) is 0 Å². The third kappa shape index (κ3) is 3.93. The lowest BCUT2D eigenvalue weighted by Gasteiger charge is -2.05. The van der Waals surface area contributed by atoms with Gasteiger partial charge in [-0.1, -0.05) is 29.8 Å². The van der Waals surface area contributed by atoms with Gasteiger partial charge in [0.15, 0.2) is 0 Å². The first kappa shape index (κ1) is 15.3. The maximum atomic E-state index is 11.9. The maximum Gasteiger partial charge on any atom is 0.371 e. The van der Waals surface area contributed by atoms with Crippen molar-refractivity contribution in [3.8, 4) is 0 Å². The van der Waals surface area contributed by atoms with E-state index in [2.05, 4.69) is 4.72 Å². The fourth-order valence-electron chi connectivity index (χ4n) is 1.85. The number of hydrogen-bond donors (Lipinski definition) is 2. The Hall–Kier alpha value is -2.12. The quantitative estimate of drug-likeness (QED) is 0.848. The van der Waals surface area contributed by atoms with E-state index < -0.39 is 26.8 Å². The molecule has 0 fully saturated rings. The first-order valence-corrected chi connectivity index (χ1v) is 7.75. The van der Waals surface area contributed by atoms with E-state index in [1.54, 1.807) is 0 Å². The van der Waals surface area contributed by atoms with Crippen molar-refractivity contribution in [2.45, 2.75) is 18.4 Å². The van der Waals surface area contributed by atoms with Crippen molar-refractivity contribution in [1.82, 2.24) is 4.72 Å². The highest BCUT2D eigenvalue weighted by Crippen LogP contribution is 2.13. The van der Waals surface area contributed by atoms with E-state index in [0.29, 0.717) is 6.42 Å². The molecule has 112 valence electrons. The van der Waals surface area contributed by atoms with Gasteiger partial charge >= 0.3 is 5.97 Å². The largest absolute Gasteiger partial charge is 0.475 e. The molecule has 0 saturated carbocycles. The predicted molar refractivity (Wildman–Crippen MR) is 75.7 cm³/mol. The van der Waals surface area contributed by atoms with Gasteiger partial charge in [-0.3, -0.25) is 0 Å². The predicted octanol–water partition coefficient (Wildman–Crippen LogP) is 1.81. The number of carboxylic acids is 1. The molecular weight excluding hydrogens is 294 g/mol.